The van der Waals surface area contributed by atoms with Crippen LogP contribution in [0.25, 0.3) is 0 Å². The first-order valence-corrected chi connectivity index (χ1v) is 13.4. The van der Waals surface area contributed by atoms with Crippen molar-refractivity contribution in [2.45, 2.75) is 25.6 Å². The van der Waals surface area contributed by atoms with Gasteiger partial charge < -0.3 is 29.4 Å². The largest absolute Gasteiger partial charge is 0.497 e. The minimum Gasteiger partial charge on any atom is -0.497 e. The molecule has 1 N–H and O–H groups in total. The average Bonchev–Trinajstić information content (AvgIpc) is 2.97. The smallest absolute Gasteiger partial charge is 0.141 e. The maximum Gasteiger partial charge on any atom is 0.141 e. The summed E-state index contributed by atoms with van der Waals surface area (Å²) < 4.78 is 11.1. The summed E-state index contributed by atoms with van der Waals surface area (Å²) in [4.78, 5) is 19.6. The van der Waals surface area contributed by atoms with Gasteiger partial charge in [-0.3, -0.25) is 4.90 Å². The first-order chi connectivity index (χ1) is 18.6. The molecule has 0 aliphatic carbocycles. The number of hydrogen-bond donors (Lipinski definition) is 1. The van der Waals surface area contributed by atoms with E-state index in [1.807, 2.05) is 18.2 Å². The summed E-state index contributed by atoms with van der Waals surface area (Å²) in [5.41, 5.74) is 7.04. The number of hydrogen-bond acceptors (Lipinski definition) is 7. The average molecular weight is 515 g/mol. The van der Waals surface area contributed by atoms with Crippen LogP contribution in [0.15, 0.2) is 60.7 Å². The Labute approximate surface area is 225 Å². The summed E-state index contributed by atoms with van der Waals surface area (Å²) in [6.07, 6.45) is 1.95. The van der Waals surface area contributed by atoms with Gasteiger partial charge in [0, 0.05) is 62.8 Å². The van der Waals surface area contributed by atoms with E-state index in [9.17, 15) is 4.79 Å². The molecule has 7 nitrogen and oxygen atoms in total. The molecule has 0 bridgehead atoms. The maximum atomic E-state index is 12.4. The molecule has 200 valence electrons. The van der Waals surface area contributed by atoms with E-state index in [-0.39, 0.29) is 6.04 Å². The molecule has 0 aromatic heterocycles. The van der Waals surface area contributed by atoms with Crippen LogP contribution in [0.3, 0.4) is 0 Å². The Balaban J connectivity index is 1.31. The van der Waals surface area contributed by atoms with Gasteiger partial charge in [-0.1, -0.05) is 24.3 Å². The van der Waals surface area contributed by atoms with E-state index in [0.717, 1.165) is 80.3 Å². The number of benzene rings is 3. The number of nitrogens with zero attached hydrogens (tertiary/aromatic N) is 3. The standard InChI is InChI=1S/C31H38N4O3/c1-33-15-17-34(18-16-33)29-11-12-31(38-3)27-13-14-35(21-28(27)29)30(22-36)24-7-9-25(10-8-24)32-20-23-5-4-6-26(19-23)37-2/h4-12,19,22,30,32H,13-18,20-21H2,1-3H3/t30-/m1/s1. The van der Waals surface area contributed by atoms with Crippen LogP contribution < -0.4 is 19.7 Å². The number of anilines is 2. The normalized spacial score (nSPS) is 17.0. The molecule has 5 rings (SSSR count). The lowest BCUT2D eigenvalue weighted by Crippen LogP contribution is -2.45. The van der Waals surface area contributed by atoms with Crippen molar-refractivity contribution in [3.8, 4) is 11.5 Å². The van der Waals surface area contributed by atoms with E-state index in [2.05, 4.69) is 69.5 Å². The Bertz CT molecular complexity index is 1240. The Morgan fingerprint density at radius 2 is 1.71 bits per heavy atom. The lowest BCUT2D eigenvalue weighted by Gasteiger charge is -2.39. The van der Waals surface area contributed by atoms with Gasteiger partial charge in [0.1, 0.15) is 17.8 Å². The molecule has 0 spiro atoms. The maximum absolute atomic E-state index is 12.4. The van der Waals surface area contributed by atoms with Crippen molar-refractivity contribution in [3.63, 3.8) is 0 Å². The highest BCUT2D eigenvalue weighted by molar-refractivity contribution is 5.65. The second-order valence-electron chi connectivity index (χ2n) is 10.2. The first-order valence-electron chi connectivity index (χ1n) is 13.4. The number of carbonyl (C=O) groups is 1. The lowest BCUT2D eigenvalue weighted by atomic mass is 9.93. The number of piperazine rings is 1. The van der Waals surface area contributed by atoms with Crippen LogP contribution in [0.4, 0.5) is 11.4 Å². The summed E-state index contributed by atoms with van der Waals surface area (Å²) >= 11 is 0. The summed E-state index contributed by atoms with van der Waals surface area (Å²) in [5, 5.41) is 3.47. The zero-order chi connectivity index (χ0) is 26.5. The number of ether oxygens (including phenoxy) is 2. The van der Waals surface area contributed by atoms with Crippen LogP contribution >= 0.6 is 0 Å². The van der Waals surface area contributed by atoms with E-state index >= 15 is 0 Å². The third-order valence-corrected chi connectivity index (χ3v) is 7.84. The lowest BCUT2D eigenvalue weighted by molar-refractivity contribution is -0.113. The quantitative estimate of drug-likeness (QED) is 0.426. The molecule has 1 saturated heterocycles. The van der Waals surface area contributed by atoms with Crippen LogP contribution in [-0.2, 0) is 24.3 Å². The molecule has 38 heavy (non-hydrogen) atoms. The van der Waals surface area contributed by atoms with Crippen molar-refractivity contribution < 1.29 is 14.3 Å². The van der Waals surface area contributed by atoms with Gasteiger partial charge in [-0.05, 0) is 66.6 Å². The van der Waals surface area contributed by atoms with E-state index in [1.54, 1.807) is 14.2 Å². The number of methoxy groups -OCH3 is 2. The van der Waals surface area contributed by atoms with Gasteiger partial charge >= 0.3 is 0 Å². The van der Waals surface area contributed by atoms with Crippen LogP contribution in [0.2, 0.25) is 0 Å². The molecule has 0 unspecified atom stereocenters. The van der Waals surface area contributed by atoms with Gasteiger partial charge in [-0.25, -0.2) is 0 Å². The van der Waals surface area contributed by atoms with Gasteiger partial charge in [-0.15, -0.1) is 0 Å². The topological polar surface area (TPSA) is 57.3 Å². The van der Waals surface area contributed by atoms with E-state index in [4.69, 9.17) is 9.47 Å². The molecule has 0 amide bonds. The molecule has 2 aliphatic heterocycles. The van der Waals surface area contributed by atoms with E-state index in [1.165, 1.54) is 16.8 Å². The minimum atomic E-state index is -0.290. The molecule has 1 atom stereocenters. The molecule has 0 radical (unpaired) electrons. The van der Waals surface area contributed by atoms with E-state index in [0.29, 0.717) is 6.54 Å². The molecule has 7 heteroatoms. The van der Waals surface area contributed by atoms with Crippen molar-refractivity contribution in [2.75, 3.05) is 64.2 Å². The number of carbonyl (C=O) groups excluding carboxylic acids is 1. The molecule has 2 heterocycles. The fraction of sp³-hybridized carbons (Fsp3) is 0.387. The van der Waals surface area contributed by atoms with Gasteiger partial charge in [0.2, 0.25) is 0 Å². The number of nitrogens with one attached hydrogen (secondary N) is 1. The van der Waals surface area contributed by atoms with E-state index < -0.39 is 0 Å². The Hall–Kier alpha value is -3.55. The van der Waals surface area contributed by atoms with Crippen LogP contribution in [-0.4, -0.2) is 70.1 Å². The zero-order valence-corrected chi connectivity index (χ0v) is 22.7. The third-order valence-electron chi connectivity index (χ3n) is 7.84. The molecule has 3 aromatic carbocycles. The van der Waals surface area contributed by atoms with Crippen LogP contribution in [0.1, 0.15) is 28.3 Å². The van der Waals surface area contributed by atoms with Gasteiger partial charge in [0.15, 0.2) is 0 Å². The highest BCUT2D eigenvalue weighted by Crippen LogP contribution is 2.38. The third kappa shape index (κ3) is 5.64. The first kappa shape index (κ1) is 26.1. The summed E-state index contributed by atoms with van der Waals surface area (Å²) in [7, 11) is 5.60. The van der Waals surface area contributed by atoms with Crippen molar-refractivity contribution in [2.24, 2.45) is 0 Å². The minimum absolute atomic E-state index is 0.290. The zero-order valence-electron chi connectivity index (χ0n) is 22.7. The predicted octanol–water partition coefficient (Wildman–Crippen LogP) is 4.37. The number of aldehydes is 1. The molecule has 2 aliphatic rings. The van der Waals surface area contributed by atoms with Gasteiger partial charge in [0.25, 0.3) is 0 Å². The van der Waals surface area contributed by atoms with Crippen molar-refractivity contribution in [1.82, 2.24) is 9.80 Å². The molecule has 0 saturated carbocycles. The number of fused-ring (bicyclic) bond motifs is 1. The number of rotatable bonds is 9. The molecule has 3 aromatic rings. The summed E-state index contributed by atoms with van der Waals surface area (Å²) in [5.74, 6) is 1.80. The van der Waals surface area contributed by atoms with Crippen LogP contribution in [0.5, 0.6) is 11.5 Å². The van der Waals surface area contributed by atoms with Crippen LogP contribution in [0, 0.1) is 0 Å². The Kier molecular flexibility index (Phi) is 8.15. The van der Waals surface area contributed by atoms with Gasteiger partial charge in [-0.2, -0.15) is 0 Å². The summed E-state index contributed by atoms with van der Waals surface area (Å²) in [6, 6.07) is 20.3. The Morgan fingerprint density at radius 1 is 0.921 bits per heavy atom. The predicted molar refractivity (Wildman–Crippen MR) is 152 cm³/mol. The molecular weight excluding hydrogens is 476 g/mol. The van der Waals surface area contributed by atoms with Crippen molar-refractivity contribution >= 4 is 17.7 Å². The number of likely N-dealkylation sites (N-methyl/N-ethyl adjacent to an activating group) is 1. The SMILES string of the molecule is COc1cccc(CNc2ccc([C@@H](C=O)N3CCc4c(OC)ccc(N5CCN(C)CC5)c4C3)cc2)c1. The van der Waals surface area contributed by atoms with Gasteiger partial charge in [0.05, 0.1) is 20.3 Å². The highest BCUT2D eigenvalue weighted by atomic mass is 16.5. The van der Waals surface area contributed by atoms with Crippen molar-refractivity contribution in [1.29, 1.82) is 0 Å². The Morgan fingerprint density at radius 3 is 2.42 bits per heavy atom. The fourth-order valence-electron chi connectivity index (χ4n) is 5.58. The molecular formula is C31H38N4O3. The molecule has 1 fully saturated rings. The fourth-order valence-corrected chi connectivity index (χ4v) is 5.58. The highest BCUT2D eigenvalue weighted by Gasteiger charge is 2.30. The summed E-state index contributed by atoms with van der Waals surface area (Å²) in [6.45, 7) is 6.38. The monoisotopic (exact) mass is 514 g/mol. The second kappa shape index (κ2) is 11.9. The second-order valence-corrected chi connectivity index (χ2v) is 10.2. The van der Waals surface area contributed by atoms with Crippen molar-refractivity contribution in [3.05, 3.63) is 82.9 Å².